The fourth-order valence-electron chi connectivity index (χ4n) is 1.42. The van der Waals surface area contributed by atoms with Gasteiger partial charge >= 0.3 is 0 Å². The highest BCUT2D eigenvalue weighted by molar-refractivity contribution is 6.17. The van der Waals surface area contributed by atoms with Gasteiger partial charge in [-0.25, -0.2) is 0 Å². The topological polar surface area (TPSA) is 57.8 Å². The predicted octanol–water partition coefficient (Wildman–Crippen LogP) is 2.71. The average Bonchev–Trinajstić information content (AvgIpc) is 2.75. The van der Waals surface area contributed by atoms with Crippen molar-refractivity contribution < 1.29 is 4.79 Å². The van der Waals surface area contributed by atoms with Gasteiger partial charge in [0.25, 0.3) is 5.91 Å². The number of anilines is 1. The number of amides is 1. The number of hydrogen-bond acceptors (Lipinski definition) is 2. The Morgan fingerprint density at radius 3 is 2.65 bits per heavy atom. The summed E-state index contributed by atoms with van der Waals surface area (Å²) in [6.45, 7) is 1.87. The van der Waals surface area contributed by atoms with Crippen molar-refractivity contribution in [2.24, 2.45) is 0 Å². The molecule has 2 aromatic rings. The third kappa shape index (κ3) is 2.85. The summed E-state index contributed by atoms with van der Waals surface area (Å²) in [6, 6.07) is 8.92. The minimum absolute atomic E-state index is 0.183. The first-order valence-electron chi connectivity index (χ1n) is 5.17. The number of carbonyl (C=O) groups is 1. The molecule has 0 atom stereocenters. The molecule has 2 rings (SSSR count). The lowest BCUT2D eigenvalue weighted by Gasteiger charge is -2.02. The lowest BCUT2D eigenvalue weighted by molar-refractivity contribution is 0.102. The molecule has 0 aliphatic carbocycles. The van der Waals surface area contributed by atoms with Crippen molar-refractivity contribution >= 4 is 23.3 Å². The lowest BCUT2D eigenvalue weighted by Crippen LogP contribution is -2.12. The first-order chi connectivity index (χ1) is 8.19. The Hall–Kier alpha value is -1.81. The van der Waals surface area contributed by atoms with Gasteiger partial charge in [-0.2, -0.15) is 5.10 Å². The molecule has 0 saturated carbocycles. The van der Waals surface area contributed by atoms with Gasteiger partial charge in [0.2, 0.25) is 0 Å². The number of carbonyl (C=O) groups excluding carboxylic acids is 1. The van der Waals surface area contributed by atoms with Crippen LogP contribution in [-0.4, -0.2) is 16.1 Å². The monoisotopic (exact) mass is 249 g/mol. The Kier molecular flexibility index (Phi) is 3.44. The van der Waals surface area contributed by atoms with Gasteiger partial charge in [-0.1, -0.05) is 12.1 Å². The van der Waals surface area contributed by atoms with Crippen LogP contribution in [0.1, 0.15) is 21.6 Å². The van der Waals surface area contributed by atoms with E-state index in [0.717, 1.165) is 11.3 Å². The van der Waals surface area contributed by atoms with Gasteiger partial charge in [-0.15, -0.1) is 11.6 Å². The molecule has 1 aromatic carbocycles. The number of aryl methyl sites for hydroxylation is 1. The summed E-state index contributed by atoms with van der Waals surface area (Å²) in [4.78, 5) is 11.8. The zero-order valence-corrected chi connectivity index (χ0v) is 10.1. The number of aromatic nitrogens is 2. The molecule has 0 radical (unpaired) electrons. The summed E-state index contributed by atoms with van der Waals surface area (Å²) in [5.41, 5.74) is 2.47. The molecule has 1 heterocycles. The van der Waals surface area contributed by atoms with Crippen LogP contribution in [0.3, 0.4) is 0 Å². The van der Waals surface area contributed by atoms with Crippen LogP contribution in [0, 0.1) is 6.92 Å². The number of benzene rings is 1. The van der Waals surface area contributed by atoms with Crippen LogP contribution in [0.25, 0.3) is 0 Å². The molecule has 0 unspecified atom stereocenters. The first kappa shape index (κ1) is 11.7. The van der Waals surface area contributed by atoms with Crippen LogP contribution in [0.2, 0.25) is 0 Å². The molecule has 17 heavy (non-hydrogen) atoms. The number of rotatable bonds is 3. The number of aromatic amines is 1. The first-order valence-corrected chi connectivity index (χ1v) is 5.71. The molecule has 88 valence electrons. The molecule has 0 spiro atoms. The van der Waals surface area contributed by atoms with E-state index in [1.165, 1.54) is 0 Å². The summed E-state index contributed by atoms with van der Waals surface area (Å²) in [6.07, 6.45) is 0. The van der Waals surface area contributed by atoms with E-state index in [-0.39, 0.29) is 5.91 Å². The van der Waals surface area contributed by atoms with Crippen LogP contribution in [0.4, 0.5) is 5.82 Å². The van der Waals surface area contributed by atoms with Gasteiger partial charge in [0.15, 0.2) is 5.82 Å². The van der Waals surface area contributed by atoms with Crippen molar-refractivity contribution in [2.75, 3.05) is 5.32 Å². The standard InChI is InChI=1S/C12H12ClN3O/c1-8-6-11(16-15-8)14-12(17)10-4-2-9(7-13)3-5-10/h2-6H,7H2,1H3,(H2,14,15,16,17). The number of hydrogen-bond donors (Lipinski definition) is 2. The summed E-state index contributed by atoms with van der Waals surface area (Å²) in [5, 5.41) is 9.40. The van der Waals surface area contributed by atoms with Crippen LogP contribution in [-0.2, 0) is 5.88 Å². The number of alkyl halides is 1. The van der Waals surface area contributed by atoms with E-state index in [1.807, 2.05) is 19.1 Å². The summed E-state index contributed by atoms with van der Waals surface area (Å²) in [5.74, 6) is 0.784. The molecular formula is C12H12ClN3O. The molecule has 1 amide bonds. The Bertz CT molecular complexity index is 519. The van der Waals surface area contributed by atoms with Gasteiger partial charge in [-0.05, 0) is 24.6 Å². The number of nitrogens with zero attached hydrogens (tertiary/aromatic N) is 1. The largest absolute Gasteiger partial charge is 0.305 e. The fourth-order valence-corrected chi connectivity index (χ4v) is 1.59. The summed E-state index contributed by atoms with van der Waals surface area (Å²) in [7, 11) is 0. The van der Waals surface area contributed by atoms with Crippen LogP contribution >= 0.6 is 11.6 Å². The normalized spacial score (nSPS) is 10.2. The van der Waals surface area contributed by atoms with Gasteiger partial charge < -0.3 is 5.32 Å². The van der Waals surface area contributed by atoms with E-state index in [2.05, 4.69) is 15.5 Å². The van der Waals surface area contributed by atoms with E-state index >= 15 is 0 Å². The molecule has 5 heteroatoms. The second-order valence-corrected chi connectivity index (χ2v) is 3.99. The van der Waals surface area contributed by atoms with Crippen LogP contribution in [0.15, 0.2) is 30.3 Å². The summed E-state index contributed by atoms with van der Waals surface area (Å²) >= 11 is 5.68. The maximum Gasteiger partial charge on any atom is 0.256 e. The second kappa shape index (κ2) is 5.01. The van der Waals surface area contributed by atoms with Gasteiger partial charge in [0.05, 0.1) is 0 Å². The van der Waals surface area contributed by atoms with Crippen molar-refractivity contribution in [3.63, 3.8) is 0 Å². The van der Waals surface area contributed by atoms with Crippen molar-refractivity contribution in [2.45, 2.75) is 12.8 Å². The highest BCUT2D eigenvalue weighted by Gasteiger charge is 2.07. The van der Waals surface area contributed by atoms with Crippen molar-refractivity contribution in [1.29, 1.82) is 0 Å². The third-order valence-corrected chi connectivity index (χ3v) is 2.63. The molecule has 0 fully saturated rings. The van der Waals surface area contributed by atoms with Crippen molar-refractivity contribution in [3.05, 3.63) is 47.2 Å². The Morgan fingerprint density at radius 2 is 2.12 bits per heavy atom. The van der Waals surface area contributed by atoms with Crippen molar-refractivity contribution in [1.82, 2.24) is 10.2 Å². The zero-order valence-electron chi connectivity index (χ0n) is 9.33. The van der Waals surface area contributed by atoms with Gasteiger partial charge in [0.1, 0.15) is 0 Å². The quantitative estimate of drug-likeness (QED) is 0.822. The van der Waals surface area contributed by atoms with E-state index in [9.17, 15) is 4.79 Å². The van der Waals surface area contributed by atoms with Gasteiger partial charge in [-0.3, -0.25) is 9.89 Å². The van der Waals surface area contributed by atoms with E-state index in [1.54, 1.807) is 18.2 Å². The number of halogens is 1. The van der Waals surface area contributed by atoms with Crippen molar-refractivity contribution in [3.8, 4) is 0 Å². The molecular weight excluding hydrogens is 238 g/mol. The van der Waals surface area contributed by atoms with E-state index in [4.69, 9.17) is 11.6 Å². The van der Waals surface area contributed by atoms with E-state index < -0.39 is 0 Å². The van der Waals surface area contributed by atoms with Gasteiger partial charge in [0, 0.05) is 23.2 Å². The second-order valence-electron chi connectivity index (χ2n) is 3.72. The number of nitrogens with one attached hydrogen (secondary N) is 2. The Morgan fingerprint density at radius 1 is 1.41 bits per heavy atom. The smallest absolute Gasteiger partial charge is 0.256 e. The number of H-pyrrole nitrogens is 1. The Balaban J connectivity index is 2.09. The average molecular weight is 250 g/mol. The maximum absolute atomic E-state index is 11.8. The summed E-state index contributed by atoms with van der Waals surface area (Å²) < 4.78 is 0. The fraction of sp³-hybridized carbons (Fsp3) is 0.167. The third-order valence-electron chi connectivity index (χ3n) is 2.32. The Labute approximate surface area is 104 Å². The molecule has 0 aliphatic heterocycles. The minimum Gasteiger partial charge on any atom is -0.305 e. The van der Waals surface area contributed by atoms with E-state index in [0.29, 0.717) is 17.3 Å². The van der Waals surface area contributed by atoms with Crippen LogP contribution in [0.5, 0.6) is 0 Å². The molecule has 4 nitrogen and oxygen atoms in total. The zero-order chi connectivity index (χ0) is 12.3. The molecule has 0 aliphatic rings. The molecule has 0 saturated heterocycles. The lowest BCUT2D eigenvalue weighted by atomic mass is 10.1. The van der Waals surface area contributed by atoms with Crippen LogP contribution < -0.4 is 5.32 Å². The minimum atomic E-state index is -0.183. The predicted molar refractivity (Wildman–Crippen MR) is 67.3 cm³/mol. The highest BCUT2D eigenvalue weighted by Crippen LogP contribution is 2.10. The SMILES string of the molecule is Cc1cc(NC(=O)c2ccc(CCl)cc2)n[nH]1. The molecule has 1 aromatic heterocycles. The molecule has 0 bridgehead atoms. The molecule has 2 N–H and O–H groups in total. The maximum atomic E-state index is 11.8. The highest BCUT2D eigenvalue weighted by atomic mass is 35.5.